The predicted octanol–water partition coefficient (Wildman–Crippen LogP) is 2.90. The first-order chi connectivity index (χ1) is 12.6. The zero-order valence-corrected chi connectivity index (χ0v) is 16.0. The van der Waals surface area contributed by atoms with E-state index in [0.717, 1.165) is 49.2 Å². The number of rotatable bonds is 6. The van der Waals surface area contributed by atoms with Crippen molar-refractivity contribution >= 4 is 34.7 Å². The number of carbonyl (C=O) groups is 2. The summed E-state index contributed by atoms with van der Waals surface area (Å²) in [5.41, 5.74) is 3.28. The lowest BCUT2D eigenvalue weighted by atomic mass is 10.1. The number of hydrogen-bond donors (Lipinski definition) is 0. The van der Waals surface area contributed by atoms with Crippen molar-refractivity contribution in [1.82, 2.24) is 4.90 Å². The molecule has 0 spiro atoms. The van der Waals surface area contributed by atoms with Crippen molar-refractivity contribution < 1.29 is 19.1 Å². The van der Waals surface area contributed by atoms with Gasteiger partial charge in [-0.3, -0.25) is 14.5 Å². The molecule has 0 aliphatic carbocycles. The molecule has 0 aromatic heterocycles. The van der Waals surface area contributed by atoms with Crippen LogP contribution in [0.3, 0.4) is 0 Å². The number of ether oxygens (including phenoxy) is 2. The number of aryl methyl sites for hydroxylation is 1. The fraction of sp³-hybridized carbons (Fsp3) is 0.474. The second kappa shape index (κ2) is 8.70. The lowest BCUT2D eigenvalue weighted by Gasteiger charge is -2.30. The molecule has 2 fully saturated rings. The molecular weight excluding hydrogens is 352 g/mol. The SMILES string of the molecule is COCCCN1C(=O)S/C(=C/c2ccc(N3CCOCC3)c(C)c2)C1=O. The van der Waals surface area contributed by atoms with Gasteiger partial charge in [-0.15, -0.1) is 0 Å². The standard InChI is InChI=1S/C19H24N2O4S/c1-14-12-15(4-5-16(14)20-7-10-25-11-8-20)13-17-18(22)21(19(23)26-17)6-3-9-24-2/h4-5,12-13H,3,6-11H2,1-2H3/b17-13+. The molecule has 0 unspecified atom stereocenters. The third kappa shape index (κ3) is 4.28. The van der Waals surface area contributed by atoms with Crippen LogP contribution < -0.4 is 4.90 Å². The zero-order valence-electron chi connectivity index (χ0n) is 15.2. The van der Waals surface area contributed by atoms with E-state index < -0.39 is 0 Å². The predicted molar refractivity (Wildman–Crippen MR) is 103 cm³/mol. The summed E-state index contributed by atoms with van der Waals surface area (Å²) in [7, 11) is 1.61. The molecule has 0 saturated carbocycles. The van der Waals surface area contributed by atoms with Crippen molar-refractivity contribution in [2.45, 2.75) is 13.3 Å². The van der Waals surface area contributed by atoms with Crippen molar-refractivity contribution in [2.24, 2.45) is 0 Å². The van der Waals surface area contributed by atoms with Gasteiger partial charge in [-0.1, -0.05) is 6.07 Å². The molecule has 0 N–H and O–H groups in total. The molecule has 7 heteroatoms. The minimum Gasteiger partial charge on any atom is -0.385 e. The first-order valence-electron chi connectivity index (χ1n) is 8.78. The number of methoxy groups -OCH3 is 1. The summed E-state index contributed by atoms with van der Waals surface area (Å²) in [5.74, 6) is -0.217. The van der Waals surface area contributed by atoms with Crippen molar-refractivity contribution in [1.29, 1.82) is 0 Å². The van der Waals surface area contributed by atoms with E-state index >= 15 is 0 Å². The maximum absolute atomic E-state index is 12.5. The molecule has 0 bridgehead atoms. The minimum atomic E-state index is -0.217. The van der Waals surface area contributed by atoms with Gasteiger partial charge >= 0.3 is 0 Å². The van der Waals surface area contributed by atoms with Crippen LogP contribution in [0, 0.1) is 6.92 Å². The van der Waals surface area contributed by atoms with Gasteiger partial charge in [0.25, 0.3) is 11.1 Å². The Balaban J connectivity index is 1.72. The van der Waals surface area contributed by atoms with Gasteiger partial charge in [0.05, 0.1) is 18.1 Å². The normalized spacial score (nSPS) is 19.7. The third-order valence-electron chi connectivity index (χ3n) is 4.47. The van der Waals surface area contributed by atoms with Crippen molar-refractivity contribution in [3.8, 4) is 0 Å². The molecule has 0 atom stereocenters. The highest BCUT2D eigenvalue weighted by Gasteiger charge is 2.34. The van der Waals surface area contributed by atoms with E-state index in [9.17, 15) is 9.59 Å². The Morgan fingerprint density at radius 3 is 2.73 bits per heavy atom. The molecule has 26 heavy (non-hydrogen) atoms. The molecule has 2 saturated heterocycles. The van der Waals surface area contributed by atoms with Crippen LogP contribution >= 0.6 is 11.8 Å². The second-order valence-corrected chi connectivity index (χ2v) is 7.32. The summed E-state index contributed by atoms with van der Waals surface area (Å²) < 4.78 is 10.4. The molecule has 1 aromatic rings. The van der Waals surface area contributed by atoms with E-state index in [2.05, 4.69) is 24.0 Å². The van der Waals surface area contributed by atoms with Gasteiger partial charge in [-0.2, -0.15) is 0 Å². The number of carbonyl (C=O) groups excluding carboxylic acids is 2. The Kier molecular flexibility index (Phi) is 6.34. The lowest BCUT2D eigenvalue weighted by molar-refractivity contribution is -0.122. The Labute approximate surface area is 158 Å². The van der Waals surface area contributed by atoms with Crippen molar-refractivity contribution in [2.75, 3.05) is 51.5 Å². The van der Waals surface area contributed by atoms with Crippen LogP contribution in [-0.2, 0) is 14.3 Å². The number of hydrogen-bond acceptors (Lipinski definition) is 6. The molecule has 0 radical (unpaired) electrons. The quantitative estimate of drug-likeness (QED) is 0.562. The van der Waals surface area contributed by atoms with Crippen LogP contribution in [-0.4, -0.2) is 62.6 Å². The highest BCUT2D eigenvalue weighted by molar-refractivity contribution is 8.18. The van der Waals surface area contributed by atoms with Gasteiger partial charge in [0, 0.05) is 39.0 Å². The van der Waals surface area contributed by atoms with Crippen LogP contribution in [0.2, 0.25) is 0 Å². The minimum absolute atomic E-state index is 0.209. The largest absolute Gasteiger partial charge is 0.385 e. The Bertz CT molecular complexity index is 713. The molecule has 3 rings (SSSR count). The van der Waals surface area contributed by atoms with E-state index in [4.69, 9.17) is 9.47 Å². The van der Waals surface area contributed by atoms with Gasteiger partial charge in [-0.25, -0.2) is 0 Å². The van der Waals surface area contributed by atoms with E-state index in [-0.39, 0.29) is 11.1 Å². The maximum Gasteiger partial charge on any atom is 0.293 e. The van der Waals surface area contributed by atoms with Crippen LogP contribution in [0.15, 0.2) is 23.1 Å². The molecule has 6 nitrogen and oxygen atoms in total. The fourth-order valence-electron chi connectivity index (χ4n) is 3.14. The summed E-state index contributed by atoms with van der Waals surface area (Å²) in [6, 6.07) is 6.13. The summed E-state index contributed by atoms with van der Waals surface area (Å²) in [6.07, 6.45) is 2.45. The summed E-state index contributed by atoms with van der Waals surface area (Å²) in [5, 5.41) is -0.209. The fourth-order valence-corrected chi connectivity index (χ4v) is 4.00. The molecule has 1 aromatic carbocycles. The van der Waals surface area contributed by atoms with E-state index in [1.807, 2.05) is 6.07 Å². The number of nitrogens with zero attached hydrogens (tertiary/aromatic N) is 2. The number of thioether (sulfide) groups is 1. The number of morpholine rings is 1. The topological polar surface area (TPSA) is 59.1 Å². The molecule has 140 valence electrons. The number of imide groups is 1. The van der Waals surface area contributed by atoms with Gasteiger partial charge in [0.15, 0.2) is 0 Å². The van der Waals surface area contributed by atoms with E-state index in [0.29, 0.717) is 24.5 Å². The highest BCUT2D eigenvalue weighted by atomic mass is 32.2. The first-order valence-corrected chi connectivity index (χ1v) is 9.59. The molecule has 2 amide bonds. The van der Waals surface area contributed by atoms with Gasteiger partial charge in [0.2, 0.25) is 0 Å². The van der Waals surface area contributed by atoms with Crippen LogP contribution in [0.1, 0.15) is 17.5 Å². The van der Waals surface area contributed by atoms with Crippen LogP contribution in [0.4, 0.5) is 10.5 Å². The third-order valence-corrected chi connectivity index (χ3v) is 5.38. The van der Waals surface area contributed by atoms with E-state index in [1.165, 1.54) is 10.6 Å². The van der Waals surface area contributed by atoms with Crippen LogP contribution in [0.25, 0.3) is 6.08 Å². The van der Waals surface area contributed by atoms with Gasteiger partial charge < -0.3 is 14.4 Å². The smallest absolute Gasteiger partial charge is 0.293 e. The van der Waals surface area contributed by atoms with Gasteiger partial charge in [0.1, 0.15) is 0 Å². The van der Waals surface area contributed by atoms with Crippen LogP contribution in [0.5, 0.6) is 0 Å². The zero-order chi connectivity index (χ0) is 18.5. The summed E-state index contributed by atoms with van der Waals surface area (Å²) >= 11 is 1.00. The maximum atomic E-state index is 12.5. The first kappa shape index (κ1) is 18.9. The lowest BCUT2D eigenvalue weighted by Crippen LogP contribution is -2.36. The van der Waals surface area contributed by atoms with Crippen molar-refractivity contribution in [3.05, 3.63) is 34.2 Å². The monoisotopic (exact) mass is 376 g/mol. The van der Waals surface area contributed by atoms with E-state index in [1.54, 1.807) is 13.2 Å². The van der Waals surface area contributed by atoms with Crippen molar-refractivity contribution in [3.63, 3.8) is 0 Å². The molecule has 2 heterocycles. The Hall–Kier alpha value is -1.83. The average molecular weight is 376 g/mol. The Morgan fingerprint density at radius 2 is 2.04 bits per heavy atom. The molecule has 2 aliphatic rings. The Morgan fingerprint density at radius 1 is 1.27 bits per heavy atom. The second-order valence-electron chi connectivity index (χ2n) is 6.33. The molecular formula is C19H24N2O4S. The number of amides is 2. The number of anilines is 1. The van der Waals surface area contributed by atoms with Gasteiger partial charge in [-0.05, 0) is 54.4 Å². The molecule has 2 aliphatic heterocycles. The summed E-state index contributed by atoms with van der Waals surface area (Å²) in [6.45, 7) is 6.27. The average Bonchev–Trinajstić information content (AvgIpc) is 2.90. The highest BCUT2D eigenvalue weighted by Crippen LogP contribution is 2.33. The number of benzene rings is 1. The summed E-state index contributed by atoms with van der Waals surface area (Å²) in [4.78, 5) is 28.6.